The van der Waals surface area contributed by atoms with Crippen molar-refractivity contribution in [3.05, 3.63) is 47.3 Å². The van der Waals surface area contributed by atoms with Gasteiger partial charge in [0.15, 0.2) is 0 Å². The summed E-state index contributed by atoms with van der Waals surface area (Å²) in [5.41, 5.74) is 14.3. The van der Waals surface area contributed by atoms with Gasteiger partial charge < -0.3 is 11.5 Å². The third kappa shape index (κ3) is 1.05. The lowest BCUT2D eigenvalue weighted by Crippen LogP contribution is -2.16. The van der Waals surface area contributed by atoms with E-state index in [4.69, 9.17) is 11.5 Å². The van der Waals surface area contributed by atoms with Crippen LogP contribution in [-0.4, -0.2) is 0 Å². The Hall–Kier alpha value is -1.44. The van der Waals surface area contributed by atoms with Crippen molar-refractivity contribution in [3.63, 3.8) is 0 Å². The Morgan fingerprint density at radius 2 is 2.17 bits per heavy atom. The Morgan fingerprint density at radius 1 is 1.33 bits per heavy atom. The summed E-state index contributed by atoms with van der Waals surface area (Å²) < 4.78 is 0. The lowest BCUT2D eigenvalue weighted by Gasteiger charge is -2.22. The van der Waals surface area contributed by atoms with Crippen molar-refractivity contribution in [1.29, 1.82) is 0 Å². The smallest absolute Gasteiger partial charge is 0.0353 e. The van der Waals surface area contributed by atoms with Crippen LogP contribution in [0.2, 0.25) is 0 Å². The summed E-state index contributed by atoms with van der Waals surface area (Å²) in [5, 5.41) is 0. The van der Waals surface area contributed by atoms with Crippen LogP contribution in [0.5, 0.6) is 0 Å². The van der Waals surface area contributed by atoms with Gasteiger partial charge in [-0.1, -0.05) is 18.2 Å². The van der Waals surface area contributed by atoms with Crippen molar-refractivity contribution in [2.75, 3.05) is 0 Å². The molecule has 0 bridgehead atoms. The first-order valence-corrected chi connectivity index (χ1v) is 4.09. The fourth-order valence-corrected chi connectivity index (χ4v) is 1.60. The Labute approximate surface area is 71.9 Å². The van der Waals surface area contributed by atoms with E-state index in [-0.39, 0.29) is 0 Å². The van der Waals surface area contributed by atoms with E-state index < -0.39 is 0 Å². The topological polar surface area (TPSA) is 52.0 Å². The zero-order chi connectivity index (χ0) is 8.55. The molecule has 0 fully saturated rings. The summed E-state index contributed by atoms with van der Waals surface area (Å²) in [6.45, 7) is 0. The molecule has 0 aliphatic heterocycles. The summed E-state index contributed by atoms with van der Waals surface area (Å²) >= 11 is 0. The van der Waals surface area contributed by atoms with E-state index in [1.807, 2.05) is 24.3 Å². The molecule has 0 heterocycles. The van der Waals surface area contributed by atoms with Gasteiger partial charge in [0.25, 0.3) is 0 Å². The Morgan fingerprint density at radius 3 is 3.00 bits per heavy atom. The van der Waals surface area contributed by atoms with Crippen LogP contribution in [0.1, 0.15) is 6.42 Å². The number of allylic oxidation sites excluding steroid dienone is 6. The fraction of sp³-hybridized carbons (Fsp3) is 0.200. The molecule has 0 saturated heterocycles. The van der Waals surface area contributed by atoms with Gasteiger partial charge in [0, 0.05) is 17.3 Å². The highest BCUT2D eigenvalue weighted by atomic mass is 14.6. The molecule has 2 heteroatoms. The summed E-state index contributed by atoms with van der Waals surface area (Å²) in [5.74, 6) is 0.447. The average molecular weight is 160 g/mol. The molecule has 0 amide bonds. The second kappa shape index (κ2) is 2.55. The van der Waals surface area contributed by atoms with Gasteiger partial charge in [0.1, 0.15) is 0 Å². The standard InChI is InChI=1S/C10H12N2/c11-8-5-4-7-2-1-3-10(12)9(7)6-8/h1-3,5-7H,4,11-12H2. The Kier molecular flexibility index (Phi) is 1.54. The lowest BCUT2D eigenvalue weighted by atomic mass is 9.85. The molecule has 0 radical (unpaired) electrons. The van der Waals surface area contributed by atoms with Crippen LogP contribution < -0.4 is 11.5 Å². The molecule has 0 aromatic carbocycles. The monoisotopic (exact) mass is 160 g/mol. The highest BCUT2D eigenvalue weighted by molar-refractivity contribution is 5.45. The van der Waals surface area contributed by atoms with Crippen molar-refractivity contribution in [2.45, 2.75) is 6.42 Å². The summed E-state index contributed by atoms with van der Waals surface area (Å²) in [6.07, 6.45) is 11.1. The predicted molar refractivity (Wildman–Crippen MR) is 49.9 cm³/mol. The maximum absolute atomic E-state index is 5.81. The molecule has 2 rings (SSSR count). The number of nitrogens with two attached hydrogens (primary N) is 2. The zero-order valence-electron chi connectivity index (χ0n) is 6.83. The average Bonchev–Trinajstić information content (AvgIpc) is 2.07. The van der Waals surface area contributed by atoms with E-state index in [1.54, 1.807) is 0 Å². The van der Waals surface area contributed by atoms with Crippen LogP contribution in [0.3, 0.4) is 0 Å². The van der Waals surface area contributed by atoms with Gasteiger partial charge >= 0.3 is 0 Å². The first-order valence-electron chi connectivity index (χ1n) is 4.09. The van der Waals surface area contributed by atoms with Crippen LogP contribution in [-0.2, 0) is 0 Å². The number of fused-ring (bicyclic) bond motifs is 1. The van der Waals surface area contributed by atoms with Gasteiger partial charge in [-0.05, 0) is 24.1 Å². The van der Waals surface area contributed by atoms with Gasteiger partial charge in [-0.2, -0.15) is 0 Å². The van der Waals surface area contributed by atoms with Crippen molar-refractivity contribution in [3.8, 4) is 0 Å². The maximum Gasteiger partial charge on any atom is 0.0353 e. The first kappa shape index (κ1) is 7.22. The summed E-state index contributed by atoms with van der Waals surface area (Å²) in [6, 6.07) is 0. The second-order valence-corrected chi connectivity index (χ2v) is 3.15. The van der Waals surface area contributed by atoms with Crippen molar-refractivity contribution in [1.82, 2.24) is 0 Å². The minimum atomic E-state index is 0.447. The third-order valence-electron chi connectivity index (χ3n) is 2.28. The number of hydrogen-bond acceptors (Lipinski definition) is 2. The molecule has 0 aromatic heterocycles. The van der Waals surface area contributed by atoms with Crippen LogP contribution in [0.25, 0.3) is 0 Å². The van der Waals surface area contributed by atoms with E-state index >= 15 is 0 Å². The molecule has 0 spiro atoms. The first-order chi connectivity index (χ1) is 5.77. The minimum absolute atomic E-state index is 0.447. The van der Waals surface area contributed by atoms with E-state index in [1.165, 1.54) is 0 Å². The molecule has 0 aromatic rings. The lowest BCUT2D eigenvalue weighted by molar-refractivity contribution is 0.753. The quantitative estimate of drug-likeness (QED) is 0.559. The predicted octanol–water partition coefficient (Wildman–Crippen LogP) is 1.19. The van der Waals surface area contributed by atoms with E-state index in [2.05, 4.69) is 6.08 Å². The van der Waals surface area contributed by atoms with Gasteiger partial charge in [-0.25, -0.2) is 0 Å². The van der Waals surface area contributed by atoms with Crippen molar-refractivity contribution >= 4 is 0 Å². The van der Waals surface area contributed by atoms with Crippen molar-refractivity contribution < 1.29 is 0 Å². The van der Waals surface area contributed by atoms with Crippen LogP contribution >= 0.6 is 0 Å². The Bertz CT molecular complexity index is 319. The van der Waals surface area contributed by atoms with E-state index in [9.17, 15) is 0 Å². The maximum atomic E-state index is 5.81. The van der Waals surface area contributed by atoms with Crippen LogP contribution in [0.4, 0.5) is 0 Å². The molecule has 62 valence electrons. The molecular formula is C10H12N2. The highest BCUT2D eigenvalue weighted by Crippen LogP contribution is 2.29. The largest absolute Gasteiger partial charge is 0.399 e. The van der Waals surface area contributed by atoms with E-state index in [0.717, 1.165) is 23.4 Å². The molecule has 0 saturated carbocycles. The number of rotatable bonds is 0. The minimum Gasteiger partial charge on any atom is -0.399 e. The SMILES string of the molecule is NC1=CCC2C=CC=C(N)C2=C1. The molecular weight excluding hydrogens is 148 g/mol. The zero-order valence-corrected chi connectivity index (χ0v) is 6.83. The molecule has 1 atom stereocenters. The molecule has 2 aliphatic rings. The van der Waals surface area contributed by atoms with Gasteiger partial charge in [0.2, 0.25) is 0 Å². The molecule has 4 N–H and O–H groups in total. The van der Waals surface area contributed by atoms with Gasteiger partial charge in [-0.15, -0.1) is 0 Å². The molecule has 12 heavy (non-hydrogen) atoms. The summed E-state index contributed by atoms with van der Waals surface area (Å²) in [4.78, 5) is 0. The second-order valence-electron chi connectivity index (χ2n) is 3.15. The molecule has 2 nitrogen and oxygen atoms in total. The fourth-order valence-electron chi connectivity index (χ4n) is 1.60. The third-order valence-corrected chi connectivity index (χ3v) is 2.28. The number of hydrogen-bond donors (Lipinski definition) is 2. The van der Waals surface area contributed by atoms with Gasteiger partial charge in [0.05, 0.1) is 0 Å². The van der Waals surface area contributed by atoms with E-state index in [0.29, 0.717) is 5.92 Å². The van der Waals surface area contributed by atoms with Gasteiger partial charge in [-0.3, -0.25) is 0 Å². The highest BCUT2D eigenvalue weighted by Gasteiger charge is 2.18. The summed E-state index contributed by atoms with van der Waals surface area (Å²) in [7, 11) is 0. The van der Waals surface area contributed by atoms with Crippen molar-refractivity contribution in [2.24, 2.45) is 17.4 Å². The van der Waals surface area contributed by atoms with Crippen LogP contribution in [0, 0.1) is 5.92 Å². The Balaban J connectivity index is 2.40. The molecule has 2 aliphatic carbocycles. The normalized spacial score (nSPS) is 27.0. The molecule has 1 unspecified atom stereocenters. The van der Waals surface area contributed by atoms with Crippen LogP contribution in [0.15, 0.2) is 47.3 Å².